The molecule has 0 N–H and O–H groups in total. The Balaban J connectivity index is 2.92. The molecule has 0 amide bonds. The number of hydrogen-bond donors (Lipinski definition) is 0. The van der Waals surface area contributed by atoms with Gasteiger partial charge in [-0.1, -0.05) is 19.4 Å². The van der Waals surface area contributed by atoms with Gasteiger partial charge in [0, 0.05) is 0 Å². The van der Waals surface area contributed by atoms with Crippen molar-refractivity contribution < 1.29 is 14.3 Å². The summed E-state index contributed by atoms with van der Waals surface area (Å²) in [5.41, 5.74) is 1.18. The maximum Gasteiger partial charge on any atom is 0.298 e. The van der Waals surface area contributed by atoms with E-state index in [9.17, 15) is 4.79 Å². The standard InChI is InChI=1S/C11H14O3/c1-3-4-9-5-6-10(14-8-12)11(7-9)13-2/h5-8H,3-4H2,1-2H3. The molecule has 0 heterocycles. The lowest BCUT2D eigenvalue weighted by atomic mass is 10.1. The van der Waals surface area contributed by atoms with Crippen molar-refractivity contribution in [3.05, 3.63) is 23.8 Å². The van der Waals surface area contributed by atoms with Gasteiger partial charge in [0.25, 0.3) is 6.47 Å². The fourth-order valence-corrected chi connectivity index (χ4v) is 1.31. The van der Waals surface area contributed by atoms with Crippen LogP contribution in [0.3, 0.4) is 0 Å². The molecule has 3 heteroatoms. The predicted octanol–water partition coefficient (Wildman–Crippen LogP) is 2.18. The molecule has 76 valence electrons. The molecule has 14 heavy (non-hydrogen) atoms. The molecule has 0 aliphatic heterocycles. The lowest BCUT2D eigenvalue weighted by molar-refractivity contribution is -0.120. The van der Waals surface area contributed by atoms with E-state index in [-0.39, 0.29) is 0 Å². The zero-order chi connectivity index (χ0) is 10.4. The minimum atomic E-state index is 0.400. The van der Waals surface area contributed by atoms with Crippen LogP contribution in [0.15, 0.2) is 18.2 Å². The van der Waals surface area contributed by atoms with Gasteiger partial charge < -0.3 is 9.47 Å². The number of rotatable bonds is 5. The average molecular weight is 194 g/mol. The van der Waals surface area contributed by atoms with E-state index in [1.807, 2.05) is 12.1 Å². The number of benzene rings is 1. The van der Waals surface area contributed by atoms with Gasteiger partial charge in [0.2, 0.25) is 0 Å². The van der Waals surface area contributed by atoms with Crippen molar-refractivity contribution in [2.45, 2.75) is 19.8 Å². The molecule has 0 unspecified atom stereocenters. The second kappa shape index (κ2) is 5.27. The highest BCUT2D eigenvalue weighted by atomic mass is 16.5. The molecule has 0 fully saturated rings. The Labute approximate surface area is 83.6 Å². The lowest BCUT2D eigenvalue weighted by Crippen LogP contribution is -1.94. The minimum absolute atomic E-state index is 0.400. The molecule has 1 rings (SSSR count). The van der Waals surface area contributed by atoms with E-state index in [0.717, 1.165) is 12.8 Å². The quantitative estimate of drug-likeness (QED) is 0.674. The maximum absolute atomic E-state index is 10.2. The average Bonchev–Trinajstić information content (AvgIpc) is 2.21. The number of methoxy groups -OCH3 is 1. The van der Waals surface area contributed by atoms with Crippen LogP contribution in [0.2, 0.25) is 0 Å². The molecule has 0 aliphatic carbocycles. The van der Waals surface area contributed by atoms with Gasteiger partial charge in [-0.25, -0.2) is 0 Å². The van der Waals surface area contributed by atoms with Gasteiger partial charge in [0.15, 0.2) is 11.5 Å². The highest BCUT2D eigenvalue weighted by Gasteiger charge is 2.04. The number of hydrogen-bond acceptors (Lipinski definition) is 3. The highest BCUT2D eigenvalue weighted by Crippen LogP contribution is 2.27. The number of carbonyl (C=O) groups excluding carboxylic acids is 1. The van der Waals surface area contributed by atoms with Gasteiger partial charge in [0.05, 0.1) is 7.11 Å². The summed E-state index contributed by atoms with van der Waals surface area (Å²) >= 11 is 0. The van der Waals surface area contributed by atoms with Crippen LogP contribution in [0.25, 0.3) is 0 Å². The second-order valence-corrected chi connectivity index (χ2v) is 2.95. The van der Waals surface area contributed by atoms with Crippen molar-refractivity contribution in [1.29, 1.82) is 0 Å². The Bertz CT molecular complexity index is 307. The molecule has 0 spiro atoms. The molecule has 0 atom stereocenters. The van der Waals surface area contributed by atoms with Crippen LogP contribution in [-0.4, -0.2) is 13.6 Å². The molecule has 0 saturated carbocycles. The fraction of sp³-hybridized carbons (Fsp3) is 0.364. The summed E-state index contributed by atoms with van der Waals surface area (Å²) in [4.78, 5) is 10.2. The Hall–Kier alpha value is -1.51. The van der Waals surface area contributed by atoms with Crippen molar-refractivity contribution in [1.82, 2.24) is 0 Å². The van der Waals surface area contributed by atoms with Crippen LogP contribution in [0.4, 0.5) is 0 Å². The number of ether oxygens (including phenoxy) is 2. The van der Waals surface area contributed by atoms with Crippen molar-refractivity contribution in [2.24, 2.45) is 0 Å². The molecule has 0 aliphatic rings. The molecular weight excluding hydrogens is 180 g/mol. The third kappa shape index (κ3) is 2.49. The van der Waals surface area contributed by atoms with Crippen molar-refractivity contribution >= 4 is 6.47 Å². The van der Waals surface area contributed by atoms with E-state index >= 15 is 0 Å². The maximum atomic E-state index is 10.2. The van der Waals surface area contributed by atoms with Crippen LogP contribution in [-0.2, 0) is 11.2 Å². The SMILES string of the molecule is CCCc1ccc(OC=O)c(OC)c1. The van der Waals surface area contributed by atoms with Gasteiger partial charge in [-0.15, -0.1) is 0 Å². The molecular formula is C11H14O3. The Morgan fingerprint density at radius 1 is 1.36 bits per heavy atom. The summed E-state index contributed by atoms with van der Waals surface area (Å²) in [5.74, 6) is 1.06. The van der Waals surface area contributed by atoms with Gasteiger partial charge >= 0.3 is 0 Å². The van der Waals surface area contributed by atoms with E-state index in [1.165, 1.54) is 5.56 Å². The first-order valence-corrected chi connectivity index (χ1v) is 4.59. The summed E-state index contributed by atoms with van der Waals surface area (Å²) in [7, 11) is 1.56. The molecule has 0 radical (unpaired) electrons. The van der Waals surface area contributed by atoms with Gasteiger partial charge in [-0.2, -0.15) is 0 Å². The Kier molecular flexibility index (Phi) is 3.98. The van der Waals surface area contributed by atoms with Crippen molar-refractivity contribution in [2.75, 3.05) is 7.11 Å². The summed E-state index contributed by atoms with van der Waals surface area (Å²) in [6.07, 6.45) is 2.08. The lowest BCUT2D eigenvalue weighted by Gasteiger charge is -2.07. The summed E-state index contributed by atoms with van der Waals surface area (Å²) in [6.45, 7) is 2.51. The van der Waals surface area contributed by atoms with Crippen LogP contribution < -0.4 is 9.47 Å². The van der Waals surface area contributed by atoms with Crippen LogP contribution in [0.1, 0.15) is 18.9 Å². The smallest absolute Gasteiger partial charge is 0.298 e. The van der Waals surface area contributed by atoms with Gasteiger partial charge in [-0.3, -0.25) is 4.79 Å². The topological polar surface area (TPSA) is 35.5 Å². The van der Waals surface area contributed by atoms with Crippen LogP contribution >= 0.6 is 0 Å². The van der Waals surface area contributed by atoms with Crippen molar-refractivity contribution in [3.63, 3.8) is 0 Å². The normalized spacial score (nSPS) is 9.57. The zero-order valence-electron chi connectivity index (χ0n) is 8.45. The number of carbonyl (C=O) groups is 1. The number of aryl methyl sites for hydroxylation is 1. The van der Waals surface area contributed by atoms with Gasteiger partial charge in [0.1, 0.15) is 0 Å². The monoisotopic (exact) mass is 194 g/mol. The van der Waals surface area contributed by atoms with E-state index < -0.39 is 0 Å². The third-order valence-electron chi connectivity index (χ3n) is 1.94. The predicted molar refractivity (Wildman–Crippen MR) is 53.7 cm³/mol. The van der Waals surface area contributed by atoms with E-state index in [1.54, 1.807) is 13.2 Å². The highest BCUT2D eigenvalue weighted by molar-refractivity contribution is 5.51. The minimum Gasteiger partial charge on any atom is -0.493 e. The molecule has 1 aromatic carbocycles. The first-order valence-electron chi connectivity index (χ1n) is 4.59. The summed E-state index contributed by atoms with van der Waals surface area (Å²) in [5, 5.41) is 0. The van der Waals surface area contributed by atoms with Crippen LogP contribution in [0.5, 0.6) is 11.5 Å². The molecule has 1 aromatic rings. The summed E-state index contributed by atoms with van der Waals surface area (Å²) < 4.78 is 9.86. The zero-order valence-corrected chi connectivity index (χ0v) is 8.45. The first-order chi connectivity index (χ1) is 6.81. The fourth-order valence-electron chi connectivity index (χ4n) is 1.31. The summed E-state index contributed by atoms with van der Waals surface area (Å²) in [6, 6.07) is 5.57. The van der Waals surface area contributed by atoms with E-state index in [4.69, 9.17) is 9.47 Å². The molecule has 0 aromatic heterocycles. The second-order valence-electron chi connectivity index (χ2n) is 2.95. The molecule has 3 nitrogen and oxygen atoms in total. The molecule has 0 saturated heterocycles. The van der Waals surface area contributed by atoms with E-state index in [2.05, 4.69) is 6.92 Å². The van der Waals surface area contributed by atoms with E-state index in [0.29, 0.717) is 18.0 Å². The Morgan fingerprint density at radius 2 is 2.14 bits per heavy atom. The first kappa shape index (κ1) is 10.6. The van der Waals surface area contributed by atoms with Crippen LogP contribution in [0, 0.1) is 0 Å². The molecule has 0 bridgehead atoms. The van der Waals surface area contributed by atoms with Crippen molar-refractivity contribution in [3.8, 4) is 11.5 Å². The van der Waals surface area contributed by atoms with Gasteiger partial charge in [-0.05, 0) is 24.1 Å². The Morgan fingerprint density at radius 3 is 2.71 bits per heavy atom. The third-order valence-corrected chi connectivity index (χ3v) is 1.94. The largest absolute Gasteiger partial charge is 0.493 e.